The van der Waals surface area contributed by atoms with E-state index in [1.807, 2.05) is 12.3 Å². The Labute approximate surface area is 107 Å². The minimum Gasteiger partial charge on any atom is -0.350 e. The predicted molar refractivity (Wildman–Crippen MR) is 69.5 cm³/mol. The fourth-order valence-electron chi connectivity index (χ4n) is 2.24. The maximum Gasteiger partial charge on any atom is 0.147 e. The van der Waals surface area contributed by atoms with Gasteiger partial charge in [0.25, 0.3) is 0 Å². The number of alkyl halides is 1. The van der Waals surface area contributed by atoms with Gasteiger partial charge in [0, 0.05) is 24.2 Å². The van der Waals surface area contributed by atoms with Crippen LogP contribution in [-0.4, -0.2) is 17.1 Å². The summed E-state index contributed by atoms with van der Waals surface area (Å²) in [6.07, 6.45) is 4.19. The number of hydrogen-bond donors (Lipinski definition) is 0. The second-order valence-corrected chi connectivity index (χ2v) is 5.52. The molecule has 0 atom stereocenters. The van der Waals surface area contributed by atoms with Crippen LogP contribution in [0.3, 0.4) is 0 Å². The second-order valence-electron chi connectivity index (χ2n) is 4.85. The van der Waals surface area contributed by atoms with E-state index in [0.717, 1.165) is 17.9 Å². The van der Waals surface area contributed by atoms with Crippen molar-refractivity contribution in [3.63, 3.8) is 0 Å². The van der Waals surface area contributed by atoms with Gasteiger partial charge in [-0.25, -0.2) is 4.98 Å². The molecule has 0 N–H and O–H groups in total. The minimum absolute atomic E-state index is 0.152. The van der Waals surface area contributed by atoms with Gasteiger partial charge in [-0.15, -0.1) is 11.6 Å². The Kier molecular flexibility index (Phi) is 3.32. The molecule has 1 saturated heterocycles. The lowest BCUT2D eigenvalue weighted by Gasteiger charge is -2.33. The largest absolute Gasteiger partial charge is 0.350 e. The smallest absolute Gasteiger partial charge is 0.147 e. The van der Waals surface area contributed by atoms with Crippen LogP contribution in [0.2, 0.25) is 5.02 Å². The first-order chi connectivity index (χ1) is 7.54. The molecule has 2 nitrogen and oxygen atoms in total. The highest BCUT2D eigenvalue weighted by Crippen LogP contribution is 2.36. The van der Waals surface area contributed by atoms with Gasteiger partial charge < -0.3 is 4.90 Å². The molecule has 2 heterocycles. The van der Waals surface area contributed by atoms with E-state index in [9.17, 15) is 0 Å². The summed E-state index contributed by atoms with van der Waals surface area (Å²) in [7, 11) is 0. The van der Waals surface area contributed by atoms with Gasteiger partial charge in [-0.05, 0) is 38.3 Å². The third kappa shape index (κ3) is 2.14. The molecule has 1 aliphatic heterocycles. The van der Waals surface area contributed by atoms with Crippen LogP contribution in [0.4, 0.5) is 5.82 Å². The fraction of sp³-hybridized carbons (Fsp3) is 0.583. The van der Waals surface area contributed by atoms with Crippen molar-refractivity contribution in [2.75, 3.05) is 11.4 Å². The van der Waals surface area contributed by atoms with Crippen molar-refractivity contribution >= 4 is 29.0 Å². The summed E-state index contributed by atoms with van der Waals surface area (Å²) in [5, 5.41) is 0.702. The third-order valence-corrected chi connectivity index (χ3v) is 3.78. The summed E-state index contributed by atoms with van der Waals surface area (Å²) >= 11 is 12.0. The molecular formula is C12H16Cl2N2. The summed E-state index contributed by atoms with van der Waals surface area (Å²) in [5.74, 6) is 1.34. The first-order valence-electron chi connectivity index (χ1n) is 5.52. The molecule has 88 valence electrons. The molecule has 1 fully saturated rings. The topological polar surface area (TPSA) is 16.1 Å². The van der Waals surface area contributed by atoms with Crippen LogP contribution in [0.25, 0.3) is 0 Å². The highest BCUT2D eigenvalue weighted by molar-refractivity contribution is 6.33. The van der Waals surface area contributed by atoms with Crippen molar-refractivity contribution in [2.45, 2.75) is 38.1 Å². The van der Waals surface area contributed by atoms with Gasteiger partial charge in [-0.2, -0.15) is 0 Å². The molecule has 2 rings (SSSR count). The molecule has 4 heteroatoms. The van der Waals surface area contributed by atoms with Crippen LogP contribution in [0, 0.1) is 0 Å². The van der Waals surface area contributed by atoms with Gasteiger partial charge in [-0.1, -0.05) is 11.6 Å². The Morgan fingerprint density at radius 3 is 2.75 bits per heavy atom. The average Bonchev–Trinajstić information content (AvgIpc) is 2.58. The first kappa shape index (κ1) is 12.0. The minimum atomic E-state index is 0.152. The van der Waals surface area contributed by atoms with Crippen molar-refractivity contribution in [1.82, 2.24) is 4.98 Å². The normalized spacial score (nSPS) is 19.1. The molecule has 0 unspecified atom stereocenters. The summed E-state index contributed by atoms with van der Waals surface area (Å²) in [6, 6.07) is 1.91. The quantitative estimate of drug-likeness (QED) is 0.750. The van der Waals surface area contributed by atoms with Crippen LogP contribution < -0.4 is 4.90 Å². The number of aromatic nitrogens is 1. The van der Waals surface area contributed by atoms with E-state index in [2.05, 4.69) is 23.7 Å². The van der Waals surface area contributed by atoms with Crippen molar-refractivity contribution in [1.29, 1.82) is 0 Å². The van der Waals surface area contributed by atoms with E-state index in [0.29, 0.717) is 10.9 Å². The molecule has 0 aromatic carbocycles. The lowest BCUT2D eigenvalue weighted by molar-refractivity contribution is 0.514. The summed E-state index contributed by atoms with van der Waals surface area (Å²) < 4.78 is 0. The molecule has 1 aromatic heterocycles. The Morgan fingerprint density at radius 1 is 1.50 bits per heavy atom. The molecule has 1 aliphatic rings. The van der Waals surface area contributed by atoms with E-state index in [1.165, 1.54) is 12.8 Å². The van der Waals surface area contributed by atoms with Gasteiger partial charge in [-0.3, -0.25) is 0 Å². The van der Waals surface area contributed by atoms with Crippen LogP contribution in [-0.2, 0) is 5.88 Å². The maximum absolute atomic E-state index is 6.25. The number of rotatable bonds is 2. The highest BCUT2D eigenvalue weighted by Gasteiger charge is 2.33. The van der Waals surface area contributed by atoms with Crippen LogP contribution >= 0.6 is 23.2 Å². The van der Waals surface area contributed by atoms with Crippen LogP contribution in [0.5, 0.6) is 0 Å². The van der Waals surface area contributed by atoms with E-state index in [1.54, 1.807) is 0 Å². The van der Waals surface area contributed by atoms with Gasteiger partial charge in [0.15, 0.2) is 0 Å². The van der Waals surface area contributed by atoms with E-state index < -0.39 is 0 Å². The average molecular weight is 259 g/mol. The second kappa shape index (κ2) is 4.42. The molecule has 0 amide bonds. The van der Waals surface area contributed by atoms with E-state index in [4.69, 9.17) is 23.2 Å². The predicted octanol–water partition coefficient (Wildman–Crippen LogP) is 3.85. The molecule has 0 bridgehead atoms. The lowest BCUT2D eigenvalue weighted by Crippen LogP contribution is -2.38. The Balaban J connectivity index is 2.34. The molecule has 0 saturated carbocycles. The lowest BCUT2D eigenvalue weighted by atomic mass is 10.0. The fourth-order valence-corrected chi connectivity index (χ4v) is 2.68. The van der Waals surface area contributed by atoms with Gasteiger partial charge in [0.05, 0.1) is 5.02 Å². The standard InChI is InChI=1S/C12H16Cl2N2/c1-12(2)4-3-5-16(12)11-10(14)6-9(7-13)8-15-11/h6,8H,3-5,7H2,1-2H3. The Bertz CT molecular complexity index is 391. The van der Waals surface area contributed by atoms with E-state index in [-0.39, 0.29) is 5.54 Å². The number of hydrogen-bond acceptors (Lipinski definition) is 2. The van der Waals surface area contributed by atoms with Gasteiger partial charge in [0.2, 0.25) is 0 Å². The van der Waals surface area contributed by atoms with Gasteiger partial charge in [0.1, 0.15) is 5.82 Å². The molecular weight excluding hydrogens is 243 g/mol. The van der Waals surface area contributed by atoms with Crippen molar-refractivity contribution < 1.29 is 0 Å². The van der Waals surface area contributed by atoms with Crippen molar-refractivity contribution in [3.8, 4) is 0 Å². The third-order valence-electron chi connectivity index (χ3n) is 3.19. The number of halogens is 2. The Morgan fingerprint density at radius 2 is 2.25 bits per heavy atom. The molecule has 0 aliphatic carbocycles. The summed E-state index contributed by atoms with van der Waals surface area (Å²) in [5.41, 5.74) is 1.12. The van der Waals surface area contributed by atoms with Crippen molar-refractivity contribution in [3.05, 3.63) is 22.8 Å². The zero-order valence-electron chi connectivity index (χ0n) is 9.63. The van der Waals surface area contributed by atoms with Gasteiger partial charge >= 0.3 is 0 Å². The van der Waals surface area contributed by atoms with Crippen LogP contribution in [0.1, 0.15) is 32.3 Å². The van der Waals surface area contributed by atoms with Crippen molar-refractivity contribution in [2.24, 2.45) is 0 Å². The van der Waals surface area contributed by atoms with Crippen LogP contribution in [0.15, 0.2) is 12.3 Å². The number of nitrogens with zero attached hydrogens (tertiary/aromatic N) is 2. The molecule has 1 aromatic rings. The maximum atomic E-state index is 6.25. The van der Waals surface area contributed by atoms with E-state index >= 15 is 0 Å². The highest BCUT2D eigenvalue weighted by atomic mass is 35.5. The zero-order valence-corrected chi connectivity index (χ0v) is 11.1. The number of pyridine rings is 1. The molecule has 0 spiro atoms. The zero-order chi connectivity index (χ0) is 11.8. The Hall–Kier alpha value is -0.470. The molecule has 0 radical (unpaired) electrons. The monoisotopic (exact) mass is 258 g/mol. The number of anilines is 1. The SMILES string of the molecule is CC1(C)CCCN1c1ncc(CCl)cc1Cl. The first-order valence-corrected chi connectivity index (χ1v) is 6.44. The summed E-state index contributed by atoms with van der Waals surface area (Å²) in [6.45, 7) is 5.49. The molecule has 16 heavy (non-hydrogen) atoms. The summed E-state index contributed by atoms with van der Waals surface area (Å²) in [4.78, 5) is 6.72.